The van der Waals surface area contributed by atoms with Gasteiger partial charge in [0.1, 0.15) is 23.4 Å². The van der Waals surface area contributed by atoms with Crippen LogP contribution in [-0.2, 0) is 4.57 Å². The van der Waals surface area contributed by atoms with Gasteiger partial charge in [0, 0.05) is 17.2 Å². The van der Waals surface area contributed by atoms with Crippen molar-refractivity contribution >= 4 is 35.8 Å². The average Bonchev–Trinajstić information content (AvgIpc) is 3.05. The van der Waals surface area contributed by atoms with Gasteiger partial charge < -0.3 is 9.46 Å². The first-order chi connectivity index (χ1) is 20.6. The molecule has 0 aromatic heterocycles. The Hall–Kier alpha value is -3.06. The number of likely N-dealkylation sites (N-methyl/N-ethyl adjacent to an activating group) is 1. The first kappa shape index (κ1) is 34.4. The van der Waals surface area contributed by atoms with Crippen molar-refractivity contribution in [3.05, 3.63) is 145 Å². The molecular formula is C38H48NO2P2+. The van der Waals surface area contributed by atoms with Crippen molar-refractivity contribution in [2.45, 2.75) is 45.9 Å². The van der Waals surface area contributed by atoms with Crippen molar-refractivity contribution in [3.8, 4) is 0 Å². The molecule has 1 N–H and O–H groups in total. The van der Waals surface area contributed by atoms with E-state index in [1.54, 1.807) is 0 Å². The highest BCUT2D eigenvalue weighted by Gasteiger charge is 2.54. The minimum Gasteiger partial charge on any atom is -0.313 e. The summed E-state index contributed by atoms with van der Waals surface area (Å²) in [7, 11) is -1.69. The molecule has 226 valence electrons. The molecule has 0 saturated heterocycles. The molecule has 4 aromatic carbocycles. The highest BCUT2D eigenvalue weighted by Crippen LogP contribution is 2.64. The molecule has 3 nitrogen and oxygen atoms in total. The van der Waals surface area contributed by atoms with Crippen LogP contribution in [0.5, 0.6) is 0 Å². The molecule has 4 aromatic rings. The Bertz CT molecular complexity index is 1420. The van der Waals surface area contributed by atoms with Crippen molar-refractivity contribution in [2.75, 3.05) is 20.6 Å². The van der Waals surface area contributed by atoms with Crippen LogP contribution in [0.15, 0.2) is 145 Å². The molecule has 5 heteroatoms. The van der Waals surface area contributed by atoms with Crippen LogP contribution in [0.4, 0.5) is 0 Å². The standard InChI is InChI=1S/C28H29O2P2.C10H19N/c1-23(31(29,25-15-7-3-8-16-25)26-17-9-4-10-18-26)24(2)32(30,27-19-11-5-12-20-27)28-21-13-6-14-22-28;1-6-7-9(2)10(3)8-11(4)5/h3-24,29H,1-2H3;6-7H,8H2,1-5H3/q+1;. The van der Waals surface area contributed by atoms with Crippen LogP contribution in [0.2, 0.25) is 0 Å². The lowest BCUT2D eigenvalue weighted by Gasteiger charge is -2.34. The Morgan fingerprint density at radius 3 is 1.47 bits per heavy atom. The minimum absolute atomic E-state index is 0.224. The molecule has 2 atom stereocenters. The van der Waals surface area contributed by atoms with Gasteiger partial charge in [0.2, 0.25) is 7.49 Å². The van der Waals surface area contributed by atoms with Gasteiger partial charge >= 0.3 is 0 Å². The second-order valence-corrected chi connectivity index (χ2v) is 17.7. The molecule has 0 radical (unpaired) electrons. The van der Waals surface area contributed by atoms with Crippen molar-refractivity contribution in [1.29, 1.82) is 0 Å². The quantitative estimate of drug-likeness (QED) is 0.147. The fourth-order valence-electron chi connectivity index (χ4n) is 5.46. The van der Waals surface area contributed by atoms with E-state index < -0.39 is 14.6 Å². The largest absolute Gasteiger partial charge is 0.313 e. The van der Waals surface area contributed by atoms with E-state index in [1.165, 1.54) is 11.1 Å². The zero-order valence-electron chi connectivity index (χ0n) is 26.8. The maximum atomic E-state index is 15.0. The molecule has 2 unspecified atom stereocenters. The van der Waals surface area contributed by atoms with E-state index in [0.717, 1.165) is 27.8 Å². The summed E-state index contributed by atoms with van der Waals surface area (Å²) in [6.45, 7) is 11.5. The third kappa shape index (κ3) is 8.31. The zero-order valence-corrected chi connectivity index (χ0v) is 28.5. The molecule has 0 spiro atoms. The summed E-state index contributed by atoms with van der Waals surface area (Å²) in [4.78, 5) is 14.6. The van der Waals surface area contributed by atoms with Crippen LogP contribution in [0, 0.1) is 0 Å². The van der Waals surface area contributed by atoms with E-state index in [2.05, 4.69) is 51.9 Å². The molecule has 4 rings (SSSR count). The second-order valence-electron chi connectivity index (χ2n) is 11.4. The van der Waals surface area contributed by atoms with E-state index in [4.69, 9.17) is 0 Å². The molecule has 0 aliphatic heterocycles. The third-order valence-electron chi connectivity index (χ3n) is 8.08. The molecule has 0 fully saturated rings. The van der Waals surface area contributed by atoms with E-state index in [0.29, 0.717) is 0 Å². The van der Waals surface area contributed by atoms with Crippen LogP contribution in [0.1, 0.15) is 34.6 Å². The predicted molar refractivity (Wildman–Crippen MR) is 192 cm³/mol. The monoisotopic (exact) mass is 612 g/mol. The van der Waals surface area contributed by atoms with Crippen LogP contribution in [0.3, 0.4) is 0 Å². The van der Waals surface area contributed by atoms with Crippen molar-refractivity contribution in [3.63, 3.8) is 0 Å². The van der Waals surface area contributed by atoms with Gasteiger partial charge in [0.05, 0.1) is 5.66 Å². The van der Waals surface area contributed by atoms with E-state index >= 15 is 0 Å². The van der Waals surface area contributed by atoms with E-state index in [-0.39, 0.29) is 11.3 Å². The SMILES string of the molecule is CC(C(C)[P+](O)(c1ccccc1)c1ccccc1)P(=O)(c1ccccc1)c1ccccc1.CC=CC(C)=C(C)CN(C)C. The van der Waals surface area contributed by atoms with Gasteiger partial charge in [0.15, 0.2) is 0 Å². The van der Waals surface area contributed by atoms with Crippen LogP contribution in [0.25, 0.3) is 0 Å². The summed E-state index contributed by atoms with van der Waals surface area (Å²) < 4.78 is 15.0. The highest BCUT2D eigenvalue weighted by molar-refractivity contribution is 7.87. The molecule has 0 aliphatic carbocycles. The van der Waals surface area contributed by atoms with Crippen LogP contribution < -0.4 is 21.2 Å². The lowest BCUT2D eigenvalue weighted by molar-refractivity contribution is 0.444. The maximum Gasteiger partial charge on any atom is 0.209 e. The normalized spacial score (nSPS) is 14.1. The van der Waals surface area contributed by atoms with Crippen molar-refractivity contribution in [1.82, 2.24) is 4.90 Å². The lowest BCUT2D eigenvalue weighted by Crippen LogP contribution is -2.39. The Morgan fingerprint density at radius 1 is 0.744 bits per heavy atom. The van der Waals surface area contributed by atoms with Gasteiger partial charge in [-0.1, -0.05) is 127 Å². The summed E-state index contributed by atoms with van der Waals surface area (Å²) in [5.74, 6) is 0. The van der Waals surface area contributed by atoms with Crippen molar-refractivity contribution < 1.29 is 9.46 Å². The summed E-state index contributed by atoms with van der Waals surface area (Å²) in [5, 5.41) is 3.49. The fraction of sp³-hybridized carbons (Fsp3) is 0.263. The topological polar surface area (TPSA) is 40.5 Å². The fourth-order valence-corrected chi connectivity index (χ4v) is 12.8. The first-order valence-corrected chi connectivity index (χ1v) is 18.5. The molecule has 0 aliphatic rings. The van der Waals surface area contributed by atoms with Gasteiger partial charge in [0.25, 0.3) is 0 Å². The number of nitrogens with zero attached hydrogens (tertiary/aromatic N) is 1. The summed E-state index contributed by atoms with van der Waals surface area (Å²) in [5.41, 5.74) is 2.32. The minimum atomic E-state index is -3.04. The third-order valence-corrected chi connectivity index (χ3v) is 15.8. The zero-order chi connectivity index (χ0) is 31.5. The van der Waals surface area contributed by atoms with E-state index in [1.807, 2.05) is 135 Å². The number of rotatable bonds is 10. The molecule has 0 heterocycles. The van der Waals surface area contributed by atoms with E-state index in [9.17, 15) is 9.46 Å². The maximum absolute atomic E-state index is 15.0. The summed E-state index contributed by atoms with van der Waals surface area (Å²) in [6.07, 6.45) is 4.23. The smallest absolute Gasteiger partial charge is 0.209 e. The first-order valence-electron chi connectivity index (χ1n) is 14.9. The van der Waals surface area contributed by atoms with Crippen LogP contribution in [-0.4, -0.2) is 41.8 Å². The van der Waals surface area contributed by atoms with Crippen molar-refractivity contribution in [2.24, 2.45) is 0 Å². The molecular weight excluding hydrogens is 564 g/mol. The Balaban J connectivity index is 0.000000393. The van der Waals surface area contributed by atoms with Gasteiger partial charge in [-0.05, 0) is 66.1 Å². The molecule has 0 amide bonds. The number of allylic oxidation sites excluding steroid dienone is 3. The number of hydrogen-bond acceptors (Lipinski definition) is 3. The van der Waals surface area contributed by atoms with Gasteiger partial charge in [-0.15, -0.1) is 0 Å². The highest BCUT2D eigenvalue weighted by atomic mass is 31.2. The van der Waals surface area contributed by atoms with Gasteiger partial charge in [-0.2, -0.15) is 0 Å². The lowest BCUT2D eigenvalue weighted by atomic mass is 10.1. The number of hydrogen-bond donors (Lipinski definition) is 1. The second kappa shape index (κ2) is 16.1. The molecule has 43 heavy (non-hydrogen) atoms. The summed E-state index contributed by atoms with van der Waals surface area (Å²) >= 11 is 0. The average molecular weight is 613 g/mol. The predicted octanol–water partition coefficient (Wildman–Crippen LogP) is 7.81. The Labute approximate surface area is 260 Å². The van der Waals surface area contributed by atoms with Gasteiger partial charge in [-0.3, -0.25) is 0 Å². The molecule has 0 bridgehead atoms. The van der Waals surface area contributed by atoms with Gasteiger partial charge in [-0.25, -0.2) is 4.89 Å². The van der Waals surface area contributed by atoms with Crippen LogP contribution >= 0.6 is 14.6 Å². The number of benzene rings is 4. The molecule has 0 saturated carbocycles. The Kier molecular flexibility index (Phi) is 12.9. The Morgan fingerprint density at radius 2 is 1.12 bits per heavy atom. The summed E-state index contributed by atoms with van der Waals surface area (Å²) in [6, 6.07) is 39.3.